The molecule has 0 radical (unpaired) electrons. The summed E-state index contributed by atoms with van der Waals surface area (Å²) in [6.45, 7) is 4.39. The van der Waals surface area contributed by atoms with Crippen LogP contribution in [0, 0.1) is 0 Å². The number of fused-ring (bicyclic) bond motifs is 2. The molecule has 186 valence electrons. The molecule has 4 aromatic heterocycles. The number of amides is 1. The molecule has 1 fully saturated rings. The van der Waals surface area contributed by atoms with Crippen LogP contribution in [-0.4, -0.2) is 63.3 Å². The van der Waals surface area contributed by atoms with Crippen LogP contribution in [0.4, 0.5) is 11.6 Å². The van der Waals surface area contributed by atoms with Crippen molar-refractivity contribution in [3.8, 4) is 0 Å². The Hall–Kier alpha value is -2.77. The fraction of sp³-hybridized carbons (Fsp3) is 0.333. The average molecular weight is 539 g/mol. The van der Waals surface area contributed by atoms with E-state index in [1.807, 2.05) is 11.8 Å². The minimum Gasteiger partial charge on any atom is -0.381 e. The number of anilines is 2. The van der Waals surface area contributed by atoms with Crippen molar-refractivity contribution >= 4 is 62.5 Å². The molecule has 5 heterocycles. The second-order valence-corrected chi connectivity index (χ2v) is 12.0. The van der Waals surface area contributed by atoms with Gasteiger partial charge in [-0.1, -0.05) is 23.2 Å². The van der Waals surface area contributed by atoms with E-state index in [4.69, 9.17) is 28.9 Å². The van der Waals surface area contributed by atoms with E-state index in [1.165, 1.54) is 10.7 Å². The van der Waals surface area contributed by atoms with Gasteiger partial charge in [0.15, 0.2) is 11.5 Å². The van der Waals surface area contributed by atoms with Crippen molar-refractivity contribution in [1.29, 1.82) is 0 Å². The third-order valence-electron chi connectivity index (χ3n) is 6.24. The standard InChI is InChI=1S/C21H24Cl2N8O3S/c1-11-10-29(6-7-35(11,33)34)21-13(8-14(22)17-15(23)9-26-31(17)21)12(2)27-20(32)16-18(24)28-30-5-3-4-25-19(16)30/h3-5,8-9,11-12,33-34H,6-7,10H2,1-2H3,(H2,24,28)(H,27,32). The molecule has 1 saturated heterocycles. The molecule has 5 rings (SSSR count). The molecule has 0 bridgehead atoms. The maximum absolute atomic E-state index is 13.3. The highest BCUT2D eigenvalue weighted by Crippen LogP contribution is 2.48. The zero-order valence-corrected chi connectivity index (χ0v) is 21.2. The molecule has 1 aliphatic heterocycles. The Bertz CT molecular complexity index is 1460. The Morgan fingerprint density at radius 3 is 2.86 bits per heavy atom. The molecule has 1 amide bonds. The van der Waals surface area contributed by atoms with Crippen LogP contribution in [-0.2, 0) is 0 Å². The van der Waals surface area contributed by atoms with E-state index in [0.29, 0.717) is 45.7 Å². The summed E-state index contributed by atoms with van der Waals surface area (Å²) in [5.41, 5.74) is 7.76. The Morgan fingerprint density at radius 2 is 2.11 bits per heavy atom. The zero-order chi connectivity index (χ0) is 25.1. The largest absolute Gasteiger partial charge is 0.381 e. The van der Waals surface area contributed by atoms with E-state index in [2.05, 4.69) is 20.5 Å². The van der Waals surface area contributed by atoms with Crippen molar-refractivity contribution in [3.05, 3.63) is 51.9 Å². The van der Waals surface area contributed by atoms with E-state index in [0.717, 1.165) is 0 Å². The first-order valence-corrected chi connectivity index (χ1v) is 13.4. The first-order valence-electron chi connectivity index (χ1n) is 10.8. The topological polar surface area (TPSA) is 146 Å². The van der Waals surface area contributed by atoms with E-state index in [9.17, 15) is 13.9 Å². The molecular weight excluding hydrogens is 515 g/mol. The van der Waals surface area contributed by atoms with Crippen LogP contribution in [0.25, 0.3) is 11.2 Å². The monoisotopic (exact) mass is 538 g/mol. The van der Waals surface area contributed by atoms with Gasteiger partial charge in [-0.15, -0.1) is 5.10 Å². The highest BCUT2D eigenvalue weighted by atomic mass is 35.5. The SMILES string of the molecule is CC(NC(=O)c1c(N)nn2cccnc12)c1cc(Cl)c2c(Cl)cnn2c1N1CCS(O)(O)C(C)C1. The van der Waals surface area contributed by atoms with Crippen LogP contribution >= 0.6 is 33.8 Å². The van der Waals surface area contributed by atoms with Crippen LogP contribution in [0.2, 0.25) is 10.0 Å². The Morgan fingerprint density at radius 1 is 1.34 bits per heavy atom. The van der Waals surface area contributed by atoms with E-state index in [1.54, 1.807) is 36.0 Å². The lowest BCUT2D eigenvalue weighted by atomic mass is 10.1. The molecule has 14 heteroatoms. The van der Waals surface area contributed by atoms with Gasteiger partial charge in [-0.25, -0.2) is 14.0 Å². The number of rotatable bonds is 4. The number of nitrogens with two attached hydrogens (primary N) is 1. The summed E-state index contributed by atoms with van der Waals surface area (Å²) in [7, 11) is -2.69. The summed E-state index contributed by atoms with van der Waals surface area (Å²) in [5, 5.41) is 12.0. The van der Waals surface area contributed by atoms with Crippen molar-refractivity contribution in [1.82, 2.24) is 29.5 Å². The fourth-order valence-corrected chi connectivity index (χ4v) is 6.24. The molecule has 2 atom stereocenters. The molecular formula is C21H24Cl2N8O3S. The molecule has 11 nitrogen and oxygen atoms in total. The number of halogens is 2. The highest BCUT2D eigenvalue weighted by molar-refractivity contribution is 8.24. The average Bonchev–Trinajstić information content (AvgIpc) is 3.35. The van der Waals surface area contributed by atoms with E-state index in [-0.39, 0.29) is 22.4 Å². The number of nitrogen functional groups attached to an aromatic ring is 1. The maximum atomic E-state index is 13.3. The van der Waals surface area contributed by atoms with Crippen molar-refractivity contribution in [3.63, 3.8) is 0 Å². The molecule has 5 N–H and O–H groups in total. The molecule has 0 aromatic carbocycles. The number of hydrogen-bond donors (Lipinski definition) is 4. The lowest BCUT2D eigenvalue weighted by Gasteiger charge is -2.47. The summed E-state index contributed by atoms with van der Waals surface area (Å²) < 4.78 is 23.8. The van der Waals surface area contributed by atoms with Crippen molar-refractivity contribution in [2.24, 2.45) is 0 Å². The van der Waals surface area contributed by atoms with Gasteiger partial charge in [0, 0.05) is 31.0 Å². The molecule has 4 aromatic rings. The third-order valence-corrected chi connectivity index (χ3v) is 9.02. The van der Waals surface area contributed by atoms with Gasteiger partial charge in [0.05, 0.1) is 33.3 Å². The van der Waals surface area contributed by atoms with Gasteiger partial charge in [0.25, 0.3) is 5.91 Å². The number of pyridine rings is 1. The van der Waals surface area contributed by atoms with Gasteiger partial charge in [-0.3, -0.25) is 13.9 Å². The summed E-state index contributed by atoms with van der Waals surface area (Å²) in [6.07, 6.45) is 4.73. The number of nitrogens with one attached hydrogen (secondary N) is 1. The first kappa shape index (κ1) is 23.9. The Labute approximate surface area is 212 Å². The van der Waals surface area contributed by atoms with Crippen LogP contribution in [0.3, 0.4) is 0 Å². The first-order chi connectivity index (χ1) is 16.6. The molecule has 35 heavy (non-hydrogen) atoms. The lowest BCUT2D eigenvalue weighted by Crippen LogP contribution is -2.45. The van der Waals surface area contributed by atoms with Gasteiger partial charge in [-0.05, 0) is 26.0 Å². The van der Waals surface area contributed by atoms with Crippen molar-refractivity contribution < 1.29 is 13.9 Å². The fourth-order valence-electron chi connectivity index (χ4n) is 4.36. The normalized spacial score (nSPS) is 19.7. The number of hydrogen-bond acceptors (Lipinski definition) is 8. The predicted octanol–water partition coefficient (Wildman–Crippen LogP) is 3.72. The van der Waals surface area contributed by atoms with Gasteiger partial charge in [0.2, 0.25) is 0 Å². The highest BCUT2D eigenvalue weighted by Gasteiger charge is 2.33. The summed E-state index contributed by atoms with van der Waals surface area (Å²) in [6, 6.07) is 2.91. The van der Waals surface area contributed by atoms with Crippen LogP contribution in [0.15, 0.2) is 30.7 Å². The molecule has 1 aliphatic rings. The minimum atomic E-state index is -2.69. The molecule has 0 spiro atoms. The van der Waals surface area contributed by atoms with Crippen LogP contribution in [0.1, 0.15) is 35.8 Å². The van der Waals surface area contributed by atoms with Gasteiger partial charge < -0.3 is 16.0 Å². The quantitative estimate of drug-likeness (QED) is 0.307. The number of carbonyl (C=O) groups excluding carboxylic acids is 1. The van der Waals surface area contributed by atoms with Crippen LogP contribution in [0.5, 0.6) is 0 Å². The Kier molecular flexibility index (Phi) is 5.96. The molecule has 0 saturated carbocycles. The summed E-state index contributed by atoms with van der Waals surface area (Å²) in [5.74, 6) is 0.510. The molecule has 0 aliphatic carbocycles. The Balaban J connectivity index is 1.56. The predicted molar refractivity (Wildman–Crippen MR) is 138 cm³/mol. The van der Waals surface area contributed by atoms with Gasteiger partial charge in [-0.2, -0.15) is 15.7 Å². The smallest absolute Gasteiger partial charge is 0.259 e. The van der Waals surface area contributed by atoms with E-state index < -0.39 is 22.5 Å². The second kappa shape index (κ2) is 8.71. The summed E-state index contributed by atoms with van der Waals surface area (Å²) >= 11 is 12.9. The lowest BCUT2D eigenvalue weighted by molar-refractivity contribution is 0.0942. The maximum Gasteiger partial charge on any atom is 0.259 e. The number of nitrogens with zero attached hydrogens (tertiary/aromatic N) is 6. The van der Waals surface area contributed by atoms with Crippen LogP contribution < -0.4 is 16.0 Å². The van der Waals surface area contributed by atoms with Crippen molar-refractivity contribution in [2.75, 3.05) is 29.5 Å². The molecule has 2 unspecified atom stereocenters. The second-order valence-electron chi connectivity index (χ2n) is 8.55. The summed E-state index contributed by atoms with van der Waals surface area (Å²) in [4.78, 5) is 19.5. The van der Waals surface area contributed by atoms with E-state index >= 15 is 0 Å². The number of carbonyl (C=O) groups is 1. The minimum absolute atomic E-state index is 0.0658. The van der Waals surface area contributed by atoms with Gasteiger partial charge in [0.1, 0.15) is 16.9 Å². The number of aromatic nitrogens is 5. The van der Waals surface area contributed by atoms with Crippen molar-refractivity contribution in [2.45, 2.75) is 25.1 Å². The van der Waals surface area contributed by atoms with Gasteiger partial charge >= 0.3 is 0 Å². The third kappa shape index (κ3) is 4.04. The zero-order valence-electron chi connectivity index (χ0n) is 18.9.